The molecule has 1 fully saturated rings. The van der Waals surface area contributed by atoms with Gasteiger partial charge in [-0.05, 0) is 46.4 Å². The van der Waals surface area contributed by atoms with E-state index in [9.17, 15) is 9.59 Å². The highest BCUT2D eigenvalue weighted by atomic mass is 127. The van der Waals surface area contributed by atoms with E-state index >= 15 is 0 Å². The summed E-state index contributed by atoms with van der Waals surface area (Å²) in [6.45, 7) is 0. The molecule has 0 saturated carbocycles. The van der Waals surface area contributed by atoms with Crippen LogP contribution < -0.4 is 0 Å². The standard InChI is InChI=1S/C17H10INO2S2/c18-13-9-5-4-8-12(13)15(20)19-16(21)14(23-17(19)22)10-11-6-2-1-3-7-11/h1-10H. The molecule has 1 aliphatic heterocycles. The number of thiocarbonyl (C=S) groups is 1. The van der Waals surface area contributed by atoms with E-state index in [1.54, 1.807) is 18.2 Å². The highest BCUT2D eigenvalue weighted by Gasteiger charge is 2.37. The zero-order valence-corrected chi connectivity index (χ0v) is 15.5. The van der Waals surface area contributed by atoms with Crippen LogP contribution in [-0.2, 0) is 4.79 Å². The maximum Gasteiger partial charge on any atom is 0.273 e. The van der Waals surface area contributed by atoms with Crippen LogP contribution in [0.4, 0.5) is 0 Å². The Morgan fingerprint density at radius 3 is 2.43 bits per heavy atom. The summed E-state index contributed by atoms with van der Waals surface area (Å²) < 4.78 is 1.05. The van der Waals surface area contributed by atoms with Gasteiger partial charge in [0.1, 0.15) is 0 Å². The Morgan fingerprint density at radius 1 is 1.09 bits per heavy atom. The summed E-state index contributed by atoms with van der Waals surface area (Å²) in [5.74, 6) is -0.748. The molecule has 0 N–H and O–H groups in total. The predicted molar refractivity (Wildman–Crippen MR) is 105 cm³/mol. The molecule has 0 bridgehead atoms. The molecule has 0 aromatic heterocycles. The van der Waals surface area contributed by atoms with Crippen molar-refractivity contribution in [2.45, 2.75) is 0 Å². The van der Waals surface area contributed by atoms with Crippen LogP contribution in [0.2, 0.25) is 0 Å². The van der Waals surface area contributed by atoms with Crippen molar-refractivity contribution in [2.75, 3.05) is 0 Å². The van der Waals surface area contributed by atoms with Crippen LogP contribution >= 0.6 is 46.6 Å². The van der Waals surface area contributed by atoms with E-state index in [1.807, 2.05) is 42.5 Å². The lowest BCUT2D eigenvalue weighted by Crippen LogP contribution is -2.35. The van der Waals surface area contributed by atoms with Gasteiger partial charge < -0.3 is 0 Å². The summed E-state index contributed by atoms with van der Waals surface area (Å²) in [7, 11) is 0. The van der Waals surface area contributed by atoms with Crippen LogP contribution in [0.5, 0.6) is 0 Å². The fraction of sp³-hybridized carbons (Fsp3) is 0. The molecule has 0 unspecified atom stereocenters. The fourth-order valence-corrected chi connectivity index (χ4v) is 3.97. The van der Waals surface area contributed by atoms with Crippen molar-refractivity contribution >= 4 is 68.8 Å². The first-order valence-electron chi connectivity index (χ1n) is 6.70. The van der Waals surface area contributed by atoms with Gasteiger partial charge in [-0.1, -0.05) is 66.4 Å². The van der Waals surface area contributed by atoms with Gasteiger partial charge in [0, 0.05) is 3.57 Å². The molecule has 2 amide bonds. The highest BCUT2D eigenvalue weighted by molar-refractivity contribution is 14.1. The Labute approximate surface area is 156 Å². The third-order valence-electron chi connectivity index (χ3n) is 3.20. The van der Waals surface area contributed by atoms with Crippen LogP contribution in [0.15, 0.2) is 59.5 Å². The van der Waals surface area contributed by atoms with E-state index in [4.69, 9.17) is 12.2 Å². The lowest BCUT2D eigenvalue weighted by Gasteiger charge is -2.13. The van der Waals surface area contributed by atoms with Gasteiger partial charge in [-0.15, -0.1) is 0 Å². The maximum atomic E-state index is 12.7. The fourth-order valence-electron chi connectivity index (χ4n) is 2.10. The van der Waals surface area contributed by atoms with Gasteiger partial charge in [0.15, 0.2) is 4.32 Å². The second kappa shape index (κ2) is 6.94. The molecular formula is C17H10INO2S2. The van der Waals surface area contributed by atoms with Gasteiger partial charge in [-0.3, -0.25) is 9.59 Å². The van der Waals surface area contributed by atoms with Gasteiger partial charge >= 0.3 is 0 Å². The average molecular weight is 451 g/mol. The second-order valence-electron chi connectivity index (χ2n) is 4.71. The van der Waals surface area contributed by atoms with Crippen LogP contribution in [0, 0.1) is 3.57 Å². The molecule has 1 saturated heterocycles. The molecule has 3 nitrogen and oxygen atoms in total. The minimum atomic E-state index is -0.381. The van der Waals surface area contributed by atoms with E-state index < -0.39 is 0 Å². The Bertz CT molecular complexity index is 833. The zero-order chi connectivity index (χ0) is 16.4. The number of rotatable bonds is 2. The summed E-state index contributed by atoms with van der Waals surface area (Å²) in [6.07, 6.45) is 1.75. The minimum Gasteiger partial charge on any atom is -0.268 e. The summed E-state index contributed by atoms with van der Waals surface area (Å²) in [5.41, 5.74) is 1.38. The molecule has 3 rings (SSSR count). The van der Waals surface area contributed by atoms with Gasteiger partial charge in [0.25, 0.3) is 11.8 Å². The lowest BCUT2D eigenvalue weighted by atomic mass is 10.2. The molecule has 23 heavy (non-hydrogen) atoms. The van der Waals surface area contributed by atoms with Crippen molar-refractivity contribution in [3.8, 4) is 0 Å². The van der Waals surface area contributed by atoms with E-state index in [1.165, 1.54) is 0 Å². The van der Waals surface area contributed by atoms with Gasteiger partial charge in [-0.2, -0.15) is 0 Å². The normalized spacial score (nSPS) is 16.2. The molecule has 0 aliphatic carbocycles. The summed E-state index contributed by atoms with van der Waals surface area (Å²) >= 11 is 8.46. The molecule has 2 aromatic carbocycles. The number of benzene rings is 2. The molecule has 114 valence electrons. The topological polar surface area (TPSA) is 37.4 Å². The smallest absolute Gasteiger partial charge is 0.268 e. The Hall–Kier alpha value is -1.51. The van der Waals surface area contributed by atoms with E-state index in [0.29, 0.717) is 10.5 Å². The number of carbonyl (C=O) groups is 2. The van der Waals surface area contributed by atoms with Crippen molar-refractivity contribution in [2.24, 2.45) is 0 Å². The van der Waals surface area contributed by atoms with Crippen molar-refractivity contribution < 1.29 is 9.59 Å². The average Bonchev–Trinajstić information content (AvgIpc) is 2.82. The van der Waals surface area contributed by atoms with Gasteiger partial charge in [0.05, 0.1) is 10.5 Å². The Kier molecular flexibility index (Phi) is 4.93. The molecule has 0 spiro atoms. The first kappa shape index (κ1) is 16.4. The van der Waals surface area contributed by atoms with E-state index in [2.05, 4.69) is 22.6 Å². The summed E-state index contributed by atoms with van der Waals surface area (Å²) in [4.78, 5) is 26.8. The number of carbonyl (C=O) groups excluding carboxylic acids is 2. The molecule has 6 heteroatoms. The van der Waals surface area contributed by atoms with Crippen LogP contribution in [0.25, 0.3) is 6.08 Å². The lowest BCUT2D eigenvalue weighted by molar-refractivity contribution is -0.120. The third-order valence-corrected chi connectivity index (χ3v) is 5.44. The molecule has 2 aromatic rings. The zero-order valence-electron chi connectivity index (χ0n) is 11.7. The number of hydrogen-bond donors (Lipinski definition) is 0. The van der Waals surface area contributed by atoms with E-state index in [-0.39, 0.29) is 16.1 Å². The number of hydrogen-bond acceptors (Lipinski definition) is 4. The first-order valence-corrected chi connectivity index (χ1v) is 9.00. The first-order chi connectivity index (χ1) is 11.1. The monoisotopic (exact) mass is 451 g/mol. The van der Waals surface area contributed by atoms with Crippen LogP contribution in [0.1, 0.15) is 15.9 Å². The van der Waals surface area contributed by atoms with E-state index in [0.717, 1.165) is 25.8 Å². The summed E-state index contributed by atoms with van der Waals surface area (Å²) in [5, 5.41) is 0. The third kappa shape index (κ3) is 3.39. The van der Waals surface area contributed by atoms with Crippen molar-refractivity contribution in [3.63, 3.8) is 0 Å². The SMILES string of the molecule is O=C1C(=Cc2ccccc2)SC(=S)N1C(=O)c1ccccc1I. The van der Waals surface area contributed by atoms with Gasteiger partial charge in [-0.25, -0.2) is 4.90 Å². The van der Waals surface area contributed by atoms with Crippen molar-refractivity contribution in [3.05, 3.63) is 74.2 Å². The van der Waals surface area contributed by atoms with Crippen LogP contribution in [-0.4, -0.2) is 21.0 Å². The Balaban J connectivity index is 1.92. The summed E-state index contributed by atoms with van der Waals surface area (Å²) in [6, 6.07) is 16.6. The molecular weight excluding hydrogens is 441 g/mol. The minimum absolute atomic E-state index is 0.266. The molecule has 1 aliphatic rings. The number of halogens is 1. The number of nitrogens with zero attached hydrogens (tertiary/aromatic N) is 1. The molecule has 0 atom stereocenters. The highest BCUT2D eigenvalue weighted by Crippen LogP contribution is 2.34. The quantitative estimate of drug-likeness (QED) is 0.295. The number of amides is 2. The van der Waals surface area contributed by atoms with Crippen molar-refractivity contribution in [1.82, 2.24) is 4.90 Å². The molecule has 0 radical (unpaired) electrons. The number of thioether (sulfide) groups is 1. The molecule has 1 heterocycles. The van der Waals surface area contributed by atoms with Gasteiger partial charge in [0.2, 0.25) is 0 Å². The Morgan fingerprint density at radius 2 is 1.74 bits per heavy atom. The number of imide groups is 1. The predicted octanol–water partition coefficient (Wildman–Crippen LogP) is 4.33. The van der Waals surface area contributed by atoms with Crippen molar-refractivity contribution in [1.29, 1.82) is 0 Å². The largest absolute Gasteiger partial charge is 0.273 e. The second-order valence-corrected chi connectivity index (χ2v) is 7.55. The van der Waals surface area contributed by atoms with Crippen LogP contribution in [0.3, 0.4) is 0 Å². The maximum absolute atomic E-state index is 12.7.